The van der Waals surface area contributed by atoms with E-state index in [2.05, 4.69) is 9.44 Å². The van der Waals surface area contributed by atoms with Crippen LogP contribution in [0.25, 0.3) is 0 Å². The number of rotatable bonds is 8. The highest BCUT2D eigenvalue weighted by atomic mass is 32.2. The lowest BCUT2D eigenvalue weighted by atomic mass is 10.2. The third-order valence-electron chi connectivity index (χ3n) is 3.98. The Balaban J connectivity index is 1.70. The van der Waals surface area contributed by atoms with Gasteiger partial charge in [-0.1, -0.05) is 30.3 Å². The van der Waals surface area contributed by atoms with E-state index in [-0.39, 0.29) is 16.3 Å². The lowest BCUT2D eigenvalue weighted by Gasteiger charge is -2.11. The van der Waals surface area contributed by atoms with Crippen molar-refractivity contribution in [2.24, 2.45) is 0 Å². The molecule has 0 aliphatic rings. The Labute approximate surface area is 170 Å². The fourth-order valence-electron chi connectivity index (χ4n) is 2.58. The van der Waals surface area contributed by atoms with Gasteiger partial charge in [-0.25, -0.2) is 16.8 Å². The molecule has 2 N–H and O–H groups in total. The zero-order chi connectivity index (χ0) is 20.9. The first-order valence-corrected chi connectivity index (χ1v) is 11.7. The average Bonchev–Trinajstić information content (AvgIpc) is 2.69. The number of benzene rings is 3. The molecule has 0 aliphatic heterocycles. The molecule has 3 aromatic rings. The van der Waals surface area contributed by atoms with Crippen LogP contribution in [0.15, 0.2) is 83.8 Å². The first kappa shape index (κ1) is 20.7. The molecular weight excluding hydrogens is 412 g/mol. The highest BCUT2D eigenvalue weighted by molar-refractivity contribution is 7.92. The average molecular weight is 433 g/mol. The standard InChI is InChI=1S/C20H20N2O5S2/c1-27-19-11-7-18(8-12-19)22-29(25,26)20-13-9-17(10-14-20)21-28(23,24)15-16-5-3-2-4-6-16/h2-14,21-22H,15H2,1H3. The van der Waals surface area contributed by atoms with Crippen molar-refractivity contribution >= 4 is 31.4 Å². The van der Waals surface area contributed by atoms with Gasteiger partial charge in [0.1, 0.15) is 5.75 Å². The summed E-state index contributed by atoms with van der Waals surface area (Å²) in [4.78, 5) is 0.0133. The molecule has 0 atom stereocenters. The maximum Gasteiger partial charge on any atom is 0.261 e. The van der Waals surface area contributed by atoms with Gasteiger partial charge in [0.05, 0.1) is 17.8 Å². The van der Waals surface area contributed by atoms with E-state index in [9.17, 15) is 16.8 Å². The molecule has 3 rings (SSSR count). The largest absolute Gasteiger partial charge is 0.497 e. The van der Waals surface area contributed by atoms with Crippen molar-refractivity contribution < 1.29 is 21.6 Å². The SMILES string of the molecule is COc1ccc(NS(=O)(=O)c2ccc(NS(=O)(=O)Cc3ccccc3)cc2)cc1. The smallest absolute Gasteiger partial charge is 0.261 e. The van der Waals surface area contributed by atoms with Crippen molar-refractivity contribution in [3.63, 3.8) is 0 Å². The molecule has 0 fully saturated rings. The molecule has 0 aliphatic carbocycles. The molecular formula is C20H20N2O5S2. The van der Waals surface area contributed by atoms with Gasteiger partial charge in [0.15, 0.2) is 0 Å². The normalized spacial score (nSPS) is 11.6. The summed E-state index contributed by atoms with van der Waals surface area (Å²) in [5.74, 6) is 0.437. The molecule has 0 saturated heterocycles. The molecule has 0 bridgehead atoms. The van der Waals surface area contributed by atoms with Gasteiger partial charge < -0.3 is 4.74 Å². The minimum Gasteiger partial charge on any atom is -0.497 e. The van der Waals surface area contributed by atoms with Crippen LogP contribution in [0.1, 0.15) is 5.56 Å². The fourth-order valence-corrected chi connectivity index (χ4v) is 4.84. The molecule has 3 aromatic carbocycles. The van der Waals surface area contributed by atoms with Crippen LogP contribution in [0.5, 0.6) is 5.75 Å². The Morgan fingerprint density at radius 2 is 1.28 bits per heavy atom. The lowest BCUT2D eigenvalue weighted by Crippen LogP contribution is -2.16. The molecule has 0 spiro atoms. The maximum absolute atomic E-state index is 12.5. The van der Waals surface area contributed by atoms with Crippen molar-refractivity contribution in [2.45, 2.75) is 10.6 Å². The second kappa shape index (κ2) is 8.54. The highest BCUT2D eigenvalue weighted by Crippen LogP contribution is 2.21. The third-order valence-corrected chi connectivity index (χ3v) is 6.64. The van der Waals surface area contributed by atoms with E-state index in [1.165, 1.54) is 31.4 Å². The summed E-state index contributed by atoms with van der Waals surface area (Å²) in [6.07, 6.45) is 0. The van der Waals surface area contributed by atoms with Gasteiger partial charge in [-0.3, -0.25) is 9.44 Å². The van der Waals surface area contributed by atoms with Crippen LogP contribution in [-0.2, 0) is 25.8 Å². The second-order valence-corrected chi connectivity index (χ2v) is 9.61. The number of anilines is 2. The fraction of sp³-hybridized carbons (Fsp3) is 0.100. The zero-order valence-corrected chi connectivity index (χ0v) is 17.2. The summed E-state index contributed by atoms with van der Waals surface area (Å²) in [6.45, 7) is 0. The third kappa shape index (κ3) is 5.72. The Kier molecular flexibility index (Phi) is 6.09. The van der Waals surface area contributed by atoms with Gasteiger partial charge in [-0.15, -0.1) is 0 Å². The van der Waals surface area contributed by atoms with E-state index in [0.29, 0.717) is 17.0 Å². The minimum absolute atomic E-state index is 0.0133. The van der Waals surface area contributed by atoms with Crippen molar-refractivity contribution in [3.8, 4) is 5.75 Å². The highest BCUT2D eigenvalue weighted by Gasteiger charge is 2.16. The van der Waals surface area contributed by atoms with Gasteiger partial charge in [0, 0.05) is 11.4 Å². The monoisotopic (exact) mass is 432 g/mol. The first-order valence-electron chi connectivity index (χ1n) is 8.59. The van der Waals surface area contributed by atoms with Crippen LogP contribution in [0.3, 0.4) is 0 Å². The van der Waals surface area contributed by atoms with Gasteiger partial charge in [-0.2, -0.15) is 0 Å². The van der Waals surface area contributed by atoms with E-state index in [4.69, 9.17) is 4.74 Å². The Hall–Kier alpha value is -3.04. The van der Waals surface area contributed by atoms with Crippen molar-refractivity contribution in [1.82, 2.24) is 0 Å². The number of ether oxygens (including phenoxy) is 1. The van der Waals surface area contributed by atoms with Crippen LogP contribution < -0.4 is 14.2 Å². The van der Waals surface area contributed by atoms with Gasteiger partial charge >= 0.3 is 0 Å². The van der Waals surface area contributed by atoms with Crippen LogP contribution in [0.4, 0.5) is 11.4 Å². The van der Waals surface area contributed by atoms with E-state index in [0.717, 1.165) is 0 Å². The Morgan fingerprint density at radius 3 is 1.86 bits per heavy atom. The van der Waals surface area contributed by atoms with E-state index in [1.54, 1.807) is 48.5 Å². The Bertz CT molecular complexity index is 1160. The number of sulfonamides is 2. The molecule has 9 heteroatoms. The predicted octanol–water partition coefficient (Wildman–Crippen LogP) is 3.44. The van der Waals surface area contributed by atoms with Crippen LogP contribution in [0.2, 0.25) is 0 Å². The zero-order valence-electron chi connectivity index (χ0n) is 15.6. The van der Waals surface area contributed by atoms with E-state index in [1.807, 2.05) is 6.07 Å². The van der Waals surface area contributed by atoms with Crippen LogP contribution in [0, 0.1) is 0 Å². The van der Waals surface area contributed by atoms with E-state index >= 15 is 0 Å². The maximum atomic E-state index is 12.5. The van der Waals surface area contributed by atoms with Gasteiger partial charge in [0.25, 0.3) is 10.0 Å². The lowest BCUT2D eigenvalue weighted by molar-refractivity contribution is 0.415. The first-order chi connectivity index (χ1) is 13.8. The summed E-state index contributed by atoms with van der Waals surface area (Å²) in [5, 5.41) is 0. The van der Waals surface area contributed by atoms with Crippen LogP contribution >= 0.6 is 0 Å². The summed E-state index contributed by atoms with van der Waals surface area (Å²) in [7, 11) is -5.91. The predicted molar refractivity (Wildman–Crippen MR) is 113 cm³/mol. The Morgan fingerprint density at radius 1 is 0.724 bits per heavy atom. The molecule has 7 nitrogen and oxygen atoms in total. The van der Waals surface area contributed by atoms with Gasteiger partial charge in [-0.05, 0) is 54.1 Å². The molecule has 152 valence electrons. The topological polar surface area (TPSA) is 102 Å². The molecule has 0 amide bonds. The van der Waals surface area contributed by atoms with Crippen molar-refractivity contribution in [2.75, 3.05) is 16.6 Å². The number of nitrogens with one attached hydrogen (secondary N) is 2. The molecule has 0 aromatic heterocycles. The summed E-state index contributed by atoms with van der Waals surface area (Å²) in [6, 6.07) is 20.7. The minimum atomic E-state index is -3.81. The summed E-state index contributed by atoms with van der Waals surface area (Å²) >= 11 is 0. The van der Waals surface area contributed by atoms with E-state index < -0.39 is 20.0 Å². The van der Waals surface area contributed by atoms with Gasteiger partial charge in [0.2, 0.25) is 10.0 Å². The second-order valence-electron chi connectivity index (χ2n) is 6.21. The number of methoxy groups -OCH3 is 1. The quantitative estimate of drug-likeness (QED) is 0.568. The number of hydrogen-bond donors (Lipinski definition) is 2. The molecule has 0 saturated carbocycles. The molecule has 0 unspecified atom stereocenters. The summed E-state index contributed by atoms with van der Waals surface area (Å²) < 4.78 is 59.6. The van der Waals surface area contributed by atoms with Crippen molar-refractivity contribution in [3.05, 3.63) is 84.4 Å². The van der Waals surface area contributed by atoms with Crippen molar-refractivity contribution in [1.29, 1.82) is 0 Å². The molecule has 0 heterocycles. The summed E-state index contributed by atoms with van der Waals surface area (Å²) in [5.41, 5.74) is 1.32. The van der Waals surface area contributed by atoms with Crippen LogP contribution in [-0.4, -0.2) is 23.9 Å². The molecule has 29 heavy (non-hydrogen) atoms. The number of hydrogen-bond acceptors (Lipinski definition) is 5. The molecule has 0 radical (unpaired) electrons.